The molecule has 0 saturated carbocycles. The third kappa shape index (κ3) is 3.52. The molecule has 100 valence electrons. The van der Waals surface area contributed by atoms with Gasteiger partial charge >= 0.3 is 0 Å². The van der Waals surface area contributed by atoms with Crippen LogP contribution in [-0.4, -0.2) is 13.7 Å². The lowest BCUT2D eigenvalue weighted by molar-refractivity contribution is 0.388. The highest BCUT2D eigenvalue weighted by Gasteiger charge is 2.15. The van der Waals surface area contributed by atoms with E-state index in [1.54, 1.807) is 13.2 Å². The molecule has 0 aliphatic heterocycles. The van der Waals surface area contributed by atoms with Crippen LogP contribution in [0.4, 0.5) is 4.39 Å². The van der Waals surface area contributed by atoms with Gasteiger partial charge in [0.25, 0.3) is 0 Å². The van der Waals surface area contributed by atoms with Crippen LogP contribution in [0.3, 0.4) is 0 Å². The predicted molar refractivity (Wildman–Crippen MR) is 77.2 cm³/mol. The van der Waals surface area contributed by atoms with E-state index in [4.69, 9.17) is 9.26 Å². The third-order valence-corrected chi connectivity index (χ3v) is 4.64. The molecule has 2 rings (SSSR count). The van der Waals surface area contributed by atoms with E-state index in [0.29, 0.717) is 6.61 Å². The largest absolute Gasteiger partial charge is 0.497 e. The average Bonchev–Trinajstić information content (AvgIpc) is 2.45. The fourth-order valence-electron chi connectivity index (χ4n) is 1.75. The predicted octanol–water partition coefficient (Wildman–Crippen LogP) is 3.22. The summed E-state index contributed by atoms with van der Waals surface area (Å²) in [4.78, 5) is 0. The molecule has 19 heavy (non-hydrogen) atoms. The maximum absolute atomic E-state index is 13.3. The lowest BCUT2D eigenvalue weighted by Crippen LogP contribution is -2.14. The Bertz CT molecular complexity index is 528. The number of halogens is 1. The van der Waals surface area contributed by atoms with Crippen LogP contribution in [0.25, 0.3) is 0 Å². The van der Waals surface area contributed by atoms with Gasteiger partial charge in [0.1, 0.15) is 11.6 Å². The minimum atomic E-state index is -0.980. The molecule has 0 N–H and O–H groups in total. The zero-order chi connectivity index (χ0) is 13.7. The second kappa shape index (κ2) is 6.65. The van der Waals surface area contributed by atoms with Crippen molar-refractivity contribution in [1.29, 1.82) is 0 Å². The maximum Gasteiger partial charge on any atom is 0.123 e. The molecule has 2 nitrogen and oxygen atoms in total. The smallest absolute Gasteiger partial charge is 0.123 e. The van der Waals surface area contributed by atoms with E-state index in [2.05, 4.69) is 0 Å². The van der Waals surface area contributed by atoms with Crippen LogP contribution in [0, 0.1) is 5.82 Å². The van der Waals surface area contributed by atoms with Gasteiger partial charge in [-0.15, -0.1) is 0 Å². The van der Waals surface area contributed by atoms with E-state index in [-0.39, 0.29) is 5.82 Å². The first kappa shape index (κ1) is 14.0. The first-order valence-corrected chi connectivity index (χ1v) is 7.33. The fraction of sp³-hybridized carbons (Fsp3) is 0.200. The summed E-state index contributed by atoms with van der Waals surface area (Å²) in [6.45, 7) is 2.53. The molecule has 0 saturated heterocycles. The van der Waals surface area contributed by atoms with Crippen molar-refractivity contribution in [3.63, 3.8) is 0 Å². The molecule has 0 radical (unpaired) electrons. The summed E-state index contributed by atoms with van der Waals surface area (Å²) < 4.78 is 24.3. The van der Waals surface area contributed by atoms with Crippen molar-refractivity contribution in [3.8, 4) is 5.75 Å². The van der Waals surface area contributed by atoms with Crippen molar-refractivity contribution in [1.82, 2.24) is 0 Å². The van der Waals surface area contributed by atoms with Gasteiger partial charge in [0.15, 0.2) is 0 Å². The molecule has 1 unspecified atom stereocenters. The maximum atomic E-state index is 13.3. The molecule has 0 spiro atoms. The van der Waals surface area contributed by atoms with Crippen LogP contribution >= 0.6 is 8.15 Å². The summed E-state index contributed by atoms with van der Waals surface area (Å²) in [6, 6.07) is 14.3. The summed E-state index contributed by atoms with van der Waals surface area (Å²) in [5, 5.41) is 1.92. The molecule has 0 fully saturated rings. The van der Waals surface area contributed by atoms with Gasteiger partial charge in [0, 0.05) is 17.2 Å². The van der Waals surface area contributed by atoms with Crippen molar-refractivity contribution < 1.29 is 13.7 Å². The summed E-state index contributed by atoms with van der Waals surface area (Å²) >= 11 is 0. The first-order chi connectivity index (χ1) is 9.24. The Morgan fingerprint density at radius 1 is 1.05 bits per heavy atom. The zero-order valence-electron chi connectivity index (χ0n) is 11.0. The molecule has 2 aromatic carbocycles. The number of ether oxygens (including phenoxy) is 1. The Morgan fingerprint density at radius 2 is 1.79 bits per heavy atom. The fourth-order valence-corrected chi connectivity index (χ4v) is 3.48. The molecule has 0 aliphatic rings. The van der Waals surface area contributed by atoms with Crippen LogP contribution in [0.1, 0.15) is 6.92 Å². The molecule has 2 aromatic rings. The van der Waals surface area contributed by atoms with Crippen LogP contribution < -0.4 is 15.3 Å². The summed E-state index contributed by atoms with van der Waals surface area (Å²) in [5.74, 6) is 0.563. The van der Waals surface area contributed by atoms with Gasteiger partial charge in [-0.25, -0.2) is 4.39 Å². The number of hydrogen-bond acceptors (Lipinski definition) is 2. The van der Waals surface area contributed by atoms with E-state index in [1.165, 1.54) is 12.1 Å². The average molecular weight is 278 g/mol. The third-order valence-electron chi connectivity index (χ3n) is 2.61. The molecule has 4 heteroatoms. The minimum absolute atomic E-state index is 0.238. The first-order valence-electron chi connectivity index (χ1n) is 6.07. The van der Waals surface area contributed by atoms with Crippen LogP contribution in [-0.2, 0) is 4.52 Å². The van der Waals surface area contributed by atoms with Gasteiger partial charge in [-0.05, 0) is 43.3 Å². The monoisotopic (exact) mass is 278 g/mol. The molecular weight excluding hydrogens is 262 g/mol. The Hall–Kier alpha value is -1.44. The molecule has 1 atom stereocenters. The van der Waals surface area contributed by atoms with E-state index in [0.717, 1.165) is 16.4 Å². The second-order valence-corrected chi connectivity index (χ2v) is 5.77. The topological polar surface area (TPSA) is 18.5 Å². The van der Waals surface area contributed by atoms with Crippen LogP contribution in [0.15, 0.2) is 48.5 Å². The van der Waals surface area contributed by atoms with Gasteiger partial charge in [-0.2, -0.15) is 0 Å². The van der Waals surface area contributed by atoms with Gasteiger partial charge in [0.2, 0.25) is 0 Å². The number of hydrogen-bond donors (Lipinski definition) is 0. The molecule has 0 aliphatic carbocycles. The molecular formula is C15H16FO2P. The van der Waals surface area contributed by atoms with Gasteiger partial charge in [-0.1, -0.05) is 12.1 Å². The van der Waals surface area contributed by atoms with E-state index < -0.39 is 8.15 Å². The van der Waals surface area contributed by atoms with E-state index in [9.17, 15) is 4.39 Å². The molecule has 0 amide bonds. The number of methoxy groups -OCH3 is 1. The van der Waals surface area contributed by atoms with Crippen LogP contribution in [0.5, 0.6) is 5.75 Å². The lowest BCUT2D eigenvalue weighted by atomic mass is 10.3. The Labute approximate surface area is 114 Å². The molecule has 0 aromatic heterocycles. The van der Waals surface area contributed by atoms with Gasteiger partial charge in [0.05, 0.1) is 15.3 Å². The Kier molecular flexibility index (Phi) is 4.89. The number of benzene rings is 2. The van der Waals surface area contributed by atoms with Gasteiger partial charge in [-0.3, -0.25) is 0 Å². The Balaban J connectivity index is 2.33. The highest BCUT2D eigenvalue weighted by Crippen LogP contribution is 2.35. The highest BCUT2D eigenvalue weighted by atomic mass is 31.1. The molecule has 0 bridgehead atoms. The zero-order valence-corrected chi connectivity index (χ0v) is 11.9. The second-order valence-electron chi connectivity index (χ2n) is 3.89. The lowest BCUT2D eigenvalue weighted by Gasteiger charge is -2.17. The van der Waals surface area contributed by atoms with E-state index >= 15 is 0 Å². The van der Waals surface area contributed by atoms with Crippen molar-refractivity contribution in [2.45, 2.75) is 6.92 Å². The quantitative estimate of drug-likeness (QED) is 0.782. The van der Waals surface area contributed by atoms with Crippen LogP contribution in [0.2, 0.25) is 0 Å². The minimum Gasteiger partial charge on any atom is -0.497 e. The van der Waals surface area contributed by atoms with Crippen molar-refractivity contribution in [3.05, 3.63) is 54.3 Å². The summed E-state index contributed by atoms with van der Waals surface area (Å²) in [5.41, 5.74) is 0. The summed E-state index contributed by atoms with van der Waals surface area (Å²) in [7, 11) is 0.652. The summed E-state index contributed by atoms with van der Waals surface area (Å²) in [6.07, 6.45) is 0. The standard InChI is InChI=1S/C15H16FO2P/c1-3-18-19(15-6-4-5-12(16)11-15)14-9-7-13(17-2)8-10-14/h4-11H,3H2,1-2H3. The molecule has 0 heterocycles. The van der Waals surface area contributed by atoms with Crippen molar-refractivity contribution in [2.75, 3.05) is 13.7 Å². The van der Waals surface area contributed by atoms with Crippen molar-refractivity contribution in [2.24, 2.45) is 0 Å². The highest BCUT2D eigenvalue weighted by molar-refractivity contribution is 7.68. The van der Waals surface area contributed by atoms with E-state index in [1.807, 2.05) is 37.3 Å². The normalized spacial score (nSPS) is 12.2. The van der Waals surface area contributed by atoms with Gasteiger partial charge < -0.3 is 9.26 Å². The SMILES string of the molecule is CCOP(c1ccc(OC)cc1)c1cccc(F)c1. The Morgan fingerprint density at radius 3 is 2.37 bits per heavy atom. The number of rotatable bonds is 5. The van der Waals surface area contributed by atoms with Crippen molar-refractivity contribution >= 4 is 18.8 Å².